The van der Waals surface area contributed by atoms with Gasteiger partial charge in [-0.15, -0.1) is 0 Å². The second-order valence-electron chi connectivity index (χ2n) is 4.22. The topological polar surface area (TPSA) is 117 Å². The number of hydrogen-bond acceptors (Lipinski definition) is 5. The van der Waals surface area contributed by atoms with E-state index < -0.39 is 17.8 Å². The van der Waals surface area contributed by atoms with Gasteiger partial charge in [0, 0.05) is 6.54 Å². The number of carbonyl (C=O) groups excluding carboxylic acids is 2. The van der Waals surface area contributed by atoms with Crippen LogP contribution in [-0.2, 0) is 9.59 Å². The lowest BCUT2D eigenvalue weighted by molar-refractivity contribution is -0.139. The Kier molecular flexibility index (Phi) is 6.55. The Morgan fingerprint density at radius 3 is 2.64 bits per heavy atom. The van der Waals surface area contributed by atoms with Crippen molar-refractivity contribution >= 4 is 24.0 Å². The normalized spacial score (nSPS) is 10.3. The molecular formula is C14H17N3O5. The highest BCUT2D eigenvalue weighted by molar-refractivity contribution is 6.35. The van der Waals surface area contributed by atoms with Crippen LogP contribution in [0.4, 0.5) is 0 Å². The van der Waals surface area contributed by atoms with E-state index in [-0.39, 0.29) is 11.3 Å². The third kappa shape index (κ3) is 4.89. The molecule has 0 unspecified atom stereocenters. The Morgan fingerprint density at radius 1 is 1.32 bits per heavy atom. The van der Waals surface area contributed by atoms with Gasteiger partial charge in [-0.05, 0) is 30.2 Å². The minimum absolute atomic E-state index is 0.0292. The second-order valence-corrected chi connectivity index (χ2v) is 4.22. The van der Waals surface area contributed by atoms with E-state index >= 15 is 0 Å². The molecule has 3 N–H and O–H groups in total. The van der Waals surface area contributed by atoms with E-state index in [9.17, 15) is 14.4 Å². The number of ether oxygens (including phenoxy) is 1. The van der Waals surface area contributed by atoms with Gasteiger partial charge in [-0.1, -0.05) is 6.92 Å². The Labute approximate surface area is 127 Å². The monoisotopic (exact) mass is 307 g/mol. The van der Waals surface area contributed by atoms with Crippen LogP contribution < -0.4 is 15.5 Å². The van der Waals surface area contributed by atoms with Crippen molar-refractivity contribution in [1.29, 1.82) is 0 Å². The van der Waals surface area contributed by atoms with Gasteiger partial charge in [0.25, 0.3) is 0 Å². The summed E-state index contributed by atoms with van der Waals surface area (Å²) in [5.74, 6) is -2.60. The number of amides is 2. The molecule has 0 aliphatic rings. The minimum atomic E-state index is -1.14. The molecule has 0 aromatic heterocycles. The lowest BCUT2D eigenvalue weighted by Gasteiger charge is -2.05. The van der Waals surface area contributed by atoms with E-state index in [0.717, 1.165) is 0 Å². The number of hydrazone groups is 1. The second kappa shape index (κ2) is 8.40. The van der Waals surface area contributed by atoms with Crippen molar-refractivity contribution in [1.82, 2.24) is 10.7 Å². The lowest BCUT2D eigenvalue weighted by atomic mass is 10.1. The summed E-state index contributed by atoms with van der Waals surface area (Å²) < 4.78 is 4.93. The van der Waals surface area contributed by atoms with E-state index in [2.05, 4.69) is 15.8 Å². The first-order valence-electron chi connectivity index (χ1n) is 6.52. The molecule has 1 rings (SSSR count). The maximum atomic E-state index is 11.4. The Hall–Kier alpha value is -2.90. The number of nitrogens with zero attached hydrogens (tertiary/aromatic N) is 1. The van der Waals surface area contributed by atoms with Gasteiger partial charge in [-0.3, -0.25) is 9.59 Å². The zero-order valence-corrected chi connectivity index (χ0v) is 12.3. The molecule has 0 aliphatic carbocycles. The molecule has 0 aliphatic heterocycles. The van der Waals surface area contributed by atoms with Crippen molar-refractivity contribution in [3.8, 4) is 5.75 Å². The molecule has 0 radical (unpaired) electrons. The van der Waals surface area contributed by atoms with Gasteiger partial charge in [0.05, 0.1) is 13.3 Å². The SMILES string of the molecule is CCCNC(=O)C(=O)N/N=C\c1ccc(OC)c(C(=O)O)c1. The maximum absolute atomic E-state index is 11.4. The third-order valence-corrected chi connectivity index (χ3v) is 2.58. The fourth-order valence-electron chi connectivity index (χ4n) is 1.51. The number of rotatable bonds is 6. The molecular weight excluding hydrogens is 290 g/mol. The van der Waals surface area contributed by atoms with E-state index in [1.165, 1.54) is 25.5 Å². The van der Waals surface area contributed by atoms with Gasteiger partial charge in [-0.25, -0.2) is 10.2 Å². The van der Waals surface area contributed by atoms with E-state index in [1.54, 1.807) is 6.07 Å². The van der Waals surface area contributed by atoms with Crippen LogP contribution in [0.5, 0.6) is 5.75 Å². The van der Waals surface area contributed by atoms with E-state index in [0.29, 0.717) is 18.5 Å². The van der Waals surface area contributed by atoms with Crippen molar-refractivity contribution < 1.29 is 24.2 Å². The quantitative estimate of drug-likeness (QED) is 0.399. The molecule has 1 aromatic rings. The van der Waals surface area contributed by atoms with Crippen molar-refractivity contribution in [3.05, 3.63) is 29.3 Å². The Morgan fingerprint density at radius 2 is 2.05 bits per heavy atom. The lowest BCUT2D eigenvalue weighted by Crippen LogP contribution is -2.38. The fourth-order valence-corrected chi connectivity index (χ4v) is 1.51. The number of carboxylic acid groups (broad SMARTS) is 1. The molecule has 8 heteroatoms. The molecule has 0 atom stereocenters. The van der Waals surface area contributed by atoms with E-state index in [1.807, 2.05) is 6.92 Å². The molecule has 22 heavy (non-hydrogen) atoms. The number of benzene rings is 1. The Bertz CT molecular complexity index is 598. The maximum Gasteiger partial charge on any atom is 0.339 e. The van der Waals surface area contributed by atoms with Gasteiger partial charge in [0.2, 0.25) is 0 Å². The predicted molar refractivity (Wildman–Crippen MR) is 79.0 cm³/mol. The molecule has 0 saturated heterocycles. The smallest absolute Gasteiger partial charge is 0.339 e. The van der Waals surface area contributed by atoms with Crippen LogP contribution in [-0.4, -0.2) is 42.8 Å². The first-order valence-corrected chi connectivity index (χ1v) is 6.52. The molecule has 0 saturated carbocycles. The summed E-state index contributed by atoms with van der Waals surface area (Å²) in [6.07, 6.45) is 1.95. The van der Waals surface area contributed by atoms with Crippen LogP contribution in [0.15, 0.2) is 23.3 Å². The summed E-state index contributed by atoms with van der Waals surface area (Å²) in [4.78, 5) is 33.7. The van der Waals surface area contributed by atoms with Crippen LogP contribution >= 0.6 is 0 Å². The van der Waals surface area contributed by atoms with Crippen molar-refractivity contribution in [2.45, 2.75) is 13.3 Å². The number of aromatic carboxylic acids is 1. The van der Waals surface area contributed by atoms with Crippen molar-refractivity contribution in [3.63, 3.8) is 0 Å². The van der Waals surface area contributed by atoms with Crippen LogP contribution in [0.3, 0.4) is 0 Å². The molecule has 0 heterocycles. The minimum Gasteiger partial charge on any atom is -0.496 e. The van der Waals surface area contributed by atoms with Gasteiger partial charge >= 0.3 is 17.8 Å². The Balaban J connectivity index is 2.71. The zero-order chi connectivity index (χ0) is 16.5. The molecule has 2 amide bonds. The highest BCUT2D eigenvalue weighted by Crippen LogP contribution is 2.18. The molecule has 0 bridgehead atoms. The average Bonchev–Trinajstić information content (AvgIpc) is 2.52. The molecule has 0 fully saturated rings. The highest BCUT2D eigenvalue weighted by atomic mass is 16.5. The summed E-state index contributed by atoms with van der Waals surface area (Å²) in [5, 5.41) is 15.1. The molecule has 1 aromatic carbocycles. The van der Waals surface area contributed by atoms with Crippen molar-refractivity contribution in [2.75, 3.05) is 13.7 Å². The fraction of sp³-hybridized carbons (Fsp3) is 0.286. The van der Waals surface area contributed by atoms with Crippen molar-refractivity contribution in [2.24, 2.45) is 5.10 Å². The predicted octanol–water partition coefficient (Wildman–Crippen LogP) is 0.370. The van der Waals surface area contributed by atoms with Crippen LogP contribution in [0, 0.1) is 0 Å². The highest BCUT2D eigenvalue weighted by Gasteiger charge is 2.12. The largest absolute Gasteiger partial charge is 0.496 e. The van der Waals surface area contributed by atoms with E-state index in [4.69, 9.17) is 9.84 Å². The number of carboxylic acids is 1. The summed E-state index contributed by atoms with van der Waals surface area (Å²) in [5.41, 5.74) is 2.47. The molecule has 118 valence electrons. The van der Waals surface area contributed by atoms with Crippen LogP contribution in [0.1, 0.15) is 29.3 Å². The van der Waals surface area contributed by atoms with Crippen LogP contribution in [0.25, 0.3) is 0 Å². The first-order chi connectivity index (χ1) is 10.5. The molecule has 8 nitrogen and oxygen atoms in total. The standard InChI is InChI=1S/C14H17N3O5/c1-3-6-15-12(18)13(19)17-16-8-9-4-5-11(22-2)10(7-9)14(20)21/h4-5,7-8H,3,6H2,1-2H3,(H,15,18)(H,17,19)(H,20,21)/b16-8-. The zero-order valence-electron chi connectivity index (χ0n) is 12.3. The summed E-state index contributed by atoms with van der Waals surface area (Å²) in [7, 11) is 1.37. The van der Waals surface area contributed by atoms with Gasteiger partial charge in [0.15, 0.2) is 0 Å². The summed E-state index contributed by atoms with van der Waals surface area (Å²) in [6.45, 7) is 2.26. The van der Waals surface area contributed by atoms with Gasteiger partial charge < -0.3 is 15.2 Å². The first kappa shape index (κ1) is 17.2. The van der Waals surface area contributed by atoms with Gasteiger partial charge in [0.1, 0.15) is 11.3 Å². The number of methoxy groups -OCH3 is 1. The van der Waals surface area contributed by atoms with Crippen LogP contribution in [0.2, 0.25) is 0 Å². The average molecular weight is 307 g/mol. The summed E-state index contributed by atoms with van der Waals surface area (Å²) in [6, 6.07) is 4.38. The number of hydrogen-bond donors (Lipinski definition) is 3. The number of nitrogens with one attached hydrogen (secondary N) is 2. The third-order valence-electron chi connectivity index (χ3n) is 2.58. The molecule has 0 spiro atoms. The number of carbonyl (C=O) groups is 3. The summed E-state index contributed by atoms with van der Waals surface area (Å²) >= 11 is 0. The van der Waals surface area contributed by atoms with Gasteiger partial charge in [-0.2, -0.15) is 5.10 Å².